The predicted octanol–water partition coefficient (Wildman–Crippen LogP) is 11.1. The van der Waals surface area contributed by atoms with Crippen LogP contribution in [0.3, 0.4) is 0 Å². The fraction of sp³-hybridized carbons (Fsp3) is 0.556. The van der Waals surface area contributed by atoms with Gasteiger partial charge in [-0.15, -0.1) is 11.3 Å². The van der Waals surface area contributed by atoms with E-state index in [1.165, 1.54) is 18.4 Å². The summed E-state index contributed by atoms with van der Waals surface area (Å²) in [6, 6.07) is 8.15. The van der Waals surface area contributed by atoms with Crippen molar-refractivity contribution in [3.8, 4) is 5.75 Å². The molecule has 1 amide bonds. The standard InChI is InChI=1S/C34H48N2O2S2.C2H6/c1-6-10-15-28-20-30-25(5)34(38)36(23-29-18-13-19-39-29)32(35-24-40-33(30)31(37)21-28)22-27(9-4)17-12-11-16-26(8-3)14-7-2;1-2/h13,16-21,25,37H,6-12,14-15,22-24H2,1-5H3;1-2H3/b26-16-,27-17+,35-32-;. The van der Waals surface area contributed by atoms with Crippen LogP contribution in [0.2, 0.25) is 0 Å². The topological polar surface area (TPSA) is 52.9 Å². The first-order chi connectivity index (χ1) is 20.4. The highest BCUT2D eigenvalue weighted by Gasteiger charge is 2.30. The van der Waals surface area contributed by atoms with Gasteiger partial charge in [0.2, 0.25) is 5.91 Å². The molecule has 0 radical (unpaired) electrons. The largest absolute Gasteiger partial charge is 0.507 e. The number of phenols is 1. The number of aromatic hydroxyl groups is 1. The van der Waals surface area contributed by atoms with E-state index in [9.17, 15) is 9.90 Å². The van der Waals surface area contributed by atoms with Crippen molar-refractivity contribution in [2.24, 2.45) is 4.99 Å². The molecule has 42 heavy (non-hydrogen) atoms. The lowest BCUT2D eigenvalue weighted by molar-refractivity contribution is -0.129. The predicted molar refractivity (Wildman–Crippen MR) is 185 cm³/mol. The van der Waals surface area contributed by atoms with Crippen LogP contribution < -0.4 is 0 Å². The molecule has 6 heteroatoms. The molecule has 0 aliphatic carbocycles. The van der Waals surface area contributed by atoms with Gasteiger partial charge in [0.1, 0.15) is 11.6 Å². The van der Waals surface area contributed by atoms with Crippen molar-refractivity contribution in [3.63, 3.8) is 0 Å². The van der Waals surface area contributed by atoms with Crippen LogP contribution in [-0.4, -0.2) is 27.6 Å². The molecule has 3 rings (SSSR count). The van der Waals surface area contributed by atoms with Crippen LogP contribution in [0.25, 0.3) is 0 Å². The molecule has 0 saturated heterocycles. The van der Waals surface area contributed by atoms with Crippen molar-refractivity contribution in [1.82, 2.24) is 4.90 Å². The maximum absolute atomic E-state index is 14.2. The third-order valence-corrected chi connectivity index (χ3v) is 9.49. The van der Waals surface area contributed by atoms with Gasteiger partial charge in [-0.05, 0) is 80.5 Å². The number of aryl methyl sites for hydroxylation is 1. The highest BCUT2D eigenvalue weighted by molar-refractivity contribution is 7.99. The molecule has 0 bridgehead atoms. The van der Waals surface area contributed by atoms with E-state index < -0.39 is 0 Å². The number of phenolic OH excluding ortho intramolecular Hbond substituents is 1. The van der Waals surface area contributed by atoms with E-state index in [-0.39, 0.29) is 17.6 Å². The molecule has 2 heterocycles. The maximum Gasteiger partial charge on any atom is 0.235 e. The van der Waals surface area contributed by atoms with Crippen LogP contribution in [0.4, 0.5) is 0 Å². The van der Waals surface area contributed by atoms with Crippen LogP contribution in [0.15, 0.2) is 62.8 Å². The minimum absolute atomic E-state index is 0.0495. The number of amidine groups is 1. The normalized spacial score (nSPS) is 17.4. The number of aliphatic imine (C=N–C) groups is 1. The average Bonchev–Trinajstić information content (AvgIpc) is 3.53. The summed E-state index contributed by atoms with van der Waals surface area (Å²) in [5.74, 6) is 1.26. The Bertz CT molecular complexity index is 1180. The molecule has 0 spiro atoms. The number of thiophene rings is 1. The fourth-order valence-electron chi connectivity index (χ4n) is 5.19. The molecular weight excluding hydrogens is 557 g/mol. The molecule has 232 valence electrons. The molecule has 0 saturated carbocycles. The summed E-state index contributed by atoms with van der Waals surface area (Å²) < 4.78 is 0. The van der Waals surface area contributed by atoms with Gasteiger partial charge < -0.3 is 5.11 Å². The molecule has 1 aromatic heterocycles. The fourth-order valence-corrected chi connectivity index (χ4v) is 6.84. The Kier molecular flexibility index (Phi) is 16.9. The van der Waals surface area contributed by atoms with Gasteiger partial charge in [-0.2, -0.15) is 0 Å². The van der Waals surface area contributed by atoms with E-state index in [2.05, 4.69) is 57.4 Å². The highest BCUT2D eigenvalue weighted by Crippen LogP contribution is 2.39. The zero-order valence-electron chi connectivity index (χ0n) is 27.2. The summed E-state index contributed by atoms with van der Waals surface area (Å²) in [5.41, 5.74) is 4.89. The lowest BCUT2D eigenvalue weighted by Crippen LogP contribution is -2.39. The van der Waals surface area contributed by atoms with Gasteiger partial charge in [0.05, 0.1) is 23.2 Å². The van der Waals surface area contributed by atoms with Crippen LogP contribution >= 0.6 is 23.1 Å². The number of nitrogens with zero attached hydrogens (tertiary/aromatic N) is 2. The molecule has 1 unspecified atom stereocenters. The molecule has 1 aliphatic heterocycles. The Balaban J connectivity index is 0.00000301. The smallest absolute Gasteiger partial charge is 0.235 e. The second kappa shape index (κ2) is 19.8. The van der Waals surface area contributed by atoms with E-state index in [0.29, 0.717) is 18.8 Å². The number of benzene rings is 1. The van der Waals surface area contributed by atoms with Gasteiger partial charge in [-0.3, -0.25) is 14.7 Å². The van der Waals surface area contributed by atoms with Crippen LogP contribution in [-0.2, 0) is 17.8 Å². The zero-order chi connectivity index (χ0) is 30.9. The lowest BCUT2D eigenvalue weighted by Gasteiger charge is -2.27. The van der Waals surface area contributed by atoms with Gasteiger partial charge in [0.25, 0.3) is 0 Å². The number of carbonyl (C=O) groups excluding carboxylic acids is 1. The van der Waals surface area contributed by atoms with Crippen molar-refractivity contribution < 1.29 is 9.90 Å². The Morgan fingerprint density at radius 2 is 1.79 bits per heavy atom. The van der Waals surface area contributed by atoms with Gasteiger partial charge >= 0.3 is 0 Å². The first-order valence-corrected chi connectivity index (χ1v) is 18.0. The number of unbranched alkanes of at least 4 members (excludes halogenated alkanes) is 2. The van der Waals surface area contributed by atoms with Crippen molar-refractivity contribution in [2.75, 3.05) is 5.88 Å². The number of carbonyl (C=O) groups is 1. The van der Waals surface area contributed by atoms with E-state index in [4.69, 9.17) is 4.99 Å². The summed E-state index contributed by atoms with van der Waals surface area (Å²) in [7, 11) is 0. The maximum atomic E-state index is 14.2. The number of rotatable bonds is 14. The van der Waals surface area contributed by atoms with Gasteiger partial charge in [-0.1, -0.05) is 102 Å². The van der Waals surface area contributed by atoms with E-state index in [0.717, 1.165) is 71.7 Å². The van der Waals surface area contributed by atoms with Crippen molar-refractivity contribution in [1.29, 1.82) is 0 Å². The monoisotopic (exact) mass is 610 g/mol. The van der Waals surface area contributed by atoms with Crippen LogP contribution in [0, 0.1) is 0 Å². The van der Waals surface area contributed by atoms with Crippen molar-refractivity contribution in [3.05, 3.63) is 68.9 Å². The second-order valence-electron chi connectivity index (χ2n) is 10.6. The molecule has 1 N–H and O–H groups in total. The summed E-state index contributed by atoms with van der Waals surface area (Å²) >= 11 is 3.21. The Morgan fingerprint density at radius 1 is 1.07 bits per heavy atom. The van der Waals surface area contributed by atoms with E-state index in [1.54, 1.807) is 28.7 Å². The molecule has 4 nitrogen and oxygen atoms in total. The zero-order valence-corrected chi connectivity index (χ0v) is 28.8. The summed E-state index contributed by atoms with van der Waals surface area (Å²) in [5, 5.41) is 13.0. The Hall–Kier alpha value is -2.31. The molecular formula is C36H54N2O2S2. The van der Waals surface area contributed by atoms with Crippen molar-refractivity contribution in [2.45, 2.75) is 130 Å². The first-order valence-electron chi connectivity index (χ1n) is 16.1. The van der Waals surface area contributed by atoms with E-state index in [1.807, 2.05) is 37.8 Å². The number of hydrogen-bond acceptors (Lipinski definition) is 5. The first kappa shape index (κ1) is 35.9. The second-order valence-corrected chi connectivity index (χ2v) is 12.6. The van der Waals surface area contributed by atoms with Gasteiger partial charge in [0, 0.05) is 11.3 Å². The highest BCUT2D eigenvalue weighted by atomic mass is 32.2. The van der Waals surface area contributed by atoms with Gasteiger partial charge in [-0.25, -0.2) is 0 Å². The van der Waals surface area contributed by atoms with Crippen LogP contribution in [0.5, 0.6) is 5.75 Å². The van der Waals surface area contributed by atoms with Gasteiger partial charge in [0.15, 0.2) is 0 Å². The minimum Gasteiger partial charge on any atom is -0.507 e. The Labute approximate surface area is 264 Å². The molecule has 1 aliphatic rings. The Morgan fingerprint density at radius 3 is 2.40 bits per heavy atom. The summed E-state index contributed by atoms with van der Waals surface area (Å²) in [6.45, 7) is 15.4. The quantitative estimate of drug-likeness (QED) is 0.171. The SMILES string of the molecule is CC.CCCCc1cc(O)c2c(c1)C(C)C(=O)N(Cc1cccs1)/C(C/C(=C/CC/C=C(/CC)CCC)CC)=N\CS2. The molecule has 2 aromatic rings. The lowest BCUT2D eigenvalue weighted by atomic mass is 9.95. The molecule has 0 fully saturated rings. The molecule has 1 aromatic carbocycles. The number of hydrogen-bond donors (Lipinski definition) is 1. The minimum atomic E-state index is -0.372. The van der Waals surface area contributed by atoms with E-state index >= 15 is 0 Å². The number of allylic oxidation sites excluding steroid dienone is 3. The number of amides is 1. The number of fused-ring (bicyclic) bond motifs is 1. The van der Waals surface area contributed by atoms with Crippen molar-refractivity contribution >= 4 is 34.8 Å². The third-order valence-electron chi connectivity index (χ3n) is 7.64. The van der Waals surface area contributed by atoms with Crippen LogP contribution in [0.1, 0.15) is 128 Å². The number of thioether (sulfide) groups is 1. The summed E-state index contributed by atoms with van der Waals surface area (Å²) in [4.78, 5) is 23.1. The molecule has 1 atom stereocenters. The average molecular weight is 611 g/mol. The third kappa shape index (κ3) is 10.8. The summed E-state index contributed by atoms with van der Waals surface area (Å²) in [6.07, 6.45) is 15.0.